The molecule has 0 aliphatic rings. The van der Waals surface area contributed by atoms with E-state index in [1.165, 1.54) is 24.4 Å². The molecular formula is C20H21N3O3S. The first-order valence-corrected chi connectivity index (χ1v) is 9.51. The summed E-state index contributed by atoms with van der Waals surface area (Å²) in [5, 5.41) is 9.34. The van der Waals surface area contributed by atoms with E-state index in [1.807, 2.05) is 47.0 Å². The van der Waals surface area contributed by atoms with Crippen molar-refractivity contribution < 1.29 is 14.3 Å². The zero-order valence-corrected chi connectivity index (χ0v) is 16.1. The SMILES string of the molecule is COC(=O)CSc1nnc(-c2ccc(OC)cc2)n1CCc1ccccc1. The van der Waals surface area contributed by atoms with Gasteiger partial charge in [-0.15, -0.1) is 10.2 Å². The molecule has 3 aromatic rings. The summed E-state index contributed by atoms with van der Waals surface area (Å²) in [7, 11) is 3.02. The van der Waals surface area contributed by atoms with E-state index < -0.39 is 0 Å². The lowest BCUT2D eigenvalue weighted by Crippen LogP contribution is -2.08. The number of aryl methyl sites for hydroxylation is 1. The lowest BCUT2D eigenvalue weighted by molar-refractivity contribution is -0.137. The average Bonchev–Trinajstić information content (AvgIpc) is 3.14. The van der Waals surface area contributed by atoms with Crippen molar-refractivity contribution in [3.63, 3.8) is 0 Å². The van der Waals surface area contributed by atoms with E-state index in [9.17, 15) is 4.79 Å². The molecule has 0 spiro atoms. The monoisotopic (exact) mass is 383 g/mol. The number of hydrogen-bond acceptors (Lipinski definition) is 6. The minimum atomic E-state index is -0.288. The van der Waals surface area contributed by atoms with Gasteiger partial charge in [0, 0.05) is 12.1 Å². The van der Waals surface area contributed by atoms with E-state index in [0.717, 1.165) is 23.6 Å². The first-order valence-electron chi connectivity index (χ1n) is 8.52. The van der Waals surface area contributed by atoms with Gasteiger partial charge in [-0.3, -0.25) is 4.79 Å². The standard InChI is InChI=1S/C20H21N3O3S/c1-25-17-10-8-16(9-11-17)19-21-22-20(27-14-18(24)26-2)23(19)13-12-15-6-4-3-5-7-15/h3-11H,12-14H2,1-2H3. The number of methoxy groups -OCH3 is 2. The summed E-state index contributed by atoms with van der Waals surface area (Å²) in [6, 6.07) is 17.9. The maximum Gasteiger partial charge on any atom is 0.316 e. The molecule has 0 amide bonds. The van der Waals surface area contributed by atoms with Crippen molar-refractivity contribution >= 4 is 17.7 Å². The van der Waals surface area contributed by atoms with Gasteiger partial charge in [0.05, 0.1) is 20.0 Å². The maximum atomic E-state index is 11.5. The molecule has 0 saturated carbocycles. The third-order valence-electron chi connectivity index (χ3n) is 4.08. The Labute approximate surface area is 162 Å². The van der Waals surface area contributed by atoms with Crippen LogP contribution in [0.1, 0.15) is 5.56 Å². The van der Waals surface area contributed by atoms with Crippen molar-refractivity contribution in [2.24, 2.45) is 0 Å². The first-order chi connectivity index (χ1) is 13.2. The molecule has 0 bridgehead atoms. The fourth-order valence-electron chi connectivity index (χ4n) is 2.62. The molecule has 27 heavy (non-hydrogen) atoms. The number of aromatic nitrogens is 3. The van der Waals surface area contributed by atoms with Crippen LogP contribution in [-0.4, -0.2) is 40.7 Å². The topological polar surface area (TPSA) is 66.2 Å². The zero-order valence-electron chi connectivity index (χ0n) is 15.3. The van der Waals surface area contributed by atoms with Crippen molar-refractivity contribution in [2.45, 2.75) is 18.1 Å². The Morgan fingerprint density at radius 1 is 1.04 bits per heavy atom. The Morgan fingerprint density at radius 2 is 1.78 bits per heavy atom. The highest BCUT2D eigenvalue weighted by Gasteiger charge is 2.16. The molecule has 0 saturated heterocycles. The van der Waals surface area contributed by atoms with Crippen LogP contribution < -0.4 is 4.74 Å². The number of ether oxygens (including phenoxy) is 2. The first kappa shape index (κ1) is 19.0. The van der Waals surface area contributed by atoms with Gasteiger partial charge in [0.1, 0.15) is 5.75 Å². The van der Waals surface area contributed by atoms with Crippen molar-refractivity contribution in [1.82, 2.24) is 14.8 Å². The predicted molar refractivity (Wildman–Crippen MR) is 105 cm³/mol. The third kappa shape index (κ3) is 4.89. The second-order valence-corrected chi connectivity index (χ2v) is 6.73. The Morgan fingerprint density at radius 3 is 2.44 bits per heavy atom. The number of esters is 1. The largest absolute Gasteiger partial charge is 0.497 e. The Hall–Kier alpha value is -2.80. The highest BCUT2D eigenvalue weighted by atomic mass is 32.2. The molecule has 0 aliphatic carbocycles. The molecule has 140 valence electrons. The molecule has 0 N–H and O–H groups in total. The molecule has 7 heteroatoms. The van der Waals surface area contributed by atoms with Crippen molar-refractivity contribution in [1.29, 1.82) is 0 Å². The summed E-state index contributed by atoms with van der Waals surface area (Å²) in [6.45, 7) is 0.710. The van der Waals surface area contributed by atoms with Crippen molar-refractivity contribution in [3.8, 4) is 17.1 Å². The van der Waals surface area contributed by atoms with Crippen LogP contribution in [0.2, 0.25) is 0 Å². The smallest absolute Gasteiger partial charge is 0.316 e. The number of carbonyl (C=O) groups is 1. The van der Waals surface area contributed by atoms with Gasteiger partial charge in [0.2, 0.25) is 0 Å². The number of benzene rings is 2. The van der Waals surface area contributed by atoms with Crippen molar-refractivity contribution in [2.75, 3.05) is 20.0 Å². The summed E-state index contributed by atoms with van der Waals surface area (Å²) < 4.78 is 12.0. The lowest BCUT2D eigenvalue weighted by atomic mass is 10.1. The normalized spacial score (nSPS) is 10.6. The molecule has 2 aromatic carbocycles. The molecule has 3 rings (SSSR count). The fraction of sp³-hybridized carbons (Fsp3) is 0.250. The molecule has 0 aliphatic heterocycles. The number of carbonyl (C=O) groups excluding carboxylic acids is 1. The van der Waals surface area contributed by atoms with Crippen LogP contribution in [0.3, 0.4) is 0 Å². The lowest BCUT2D eigenvalue weighted by Gasteiger charge is -2.10. The average molecular weight is 383 g/mol. The highest BCUT2D eigenvalue weighted by molar-refractivity contribution is 7.99. The van der Waals surface area contributed by atoms with E-state index in [-0.39, 0.29) is 11.7 Å². The second-order valence-electron chi connectivity index (χ2n) is 5.79. The molecule has 1 aromatic heterocycles. The molecule has 0 fully saturated rings. The van der Waals surface area contributed by atoms with Gasteiger partial charge in [-0.25, -0.2) is 0 Å². The van der Waals surface area contributed by atoms with E-state index in [0.29, 0.717) is 11.7 Å². The van der Waals surface area contributed by atoms with Gasteiger partial charge in [0.15, 0.2) is 11.0 Å². The van der Waals surface area contributed by atoms with Gasteiger partial charge in [-0.2, -0.15) is 0 Å². The minimum Gasteiger partial charge on any atom is -0.497 e. The van der Waals surface area contributed by atoms with Crippen LogP contribution >= 0.6 is 11.8 Å². The Balaban J connectivity index is 1.86. The van der Waals surface area contributed by atoms with Crippen molar-refractivity contribution in [3.05, 3.63) is 60.2 Å². The molecule has 0 atom stereocenters. The van der Waals surface area contributed by atoms with Gasteiger partial charge >= 0.3 is 5.97 Å². The third-order valence-corrected chi connectivity index (χ3v) is 5.02. The molecule has 6 nitrogen and oxygen atoms in total. The predicted octanol–water partition coefficient (Wildman–Crippen LogP) is 3.46. The van der Waals surface area contributed by atoms with Crippen LogP contribution in [0.5, 0.6) is 5.75 Å². The number of thioether (sulfide) groups is 1. The molecular weight excluding hydrogens is 362 g/mol. The minimum absolute atomic E-state index is 0.197. The van der Waals surface area contributed by atoms with E-state index in [2.05, 4.69) is 22.3 Å². The molecule has 1 heterocycles. The second kappa shape index (κ2) is 9.23. The summed E-state index contributed by atoms with van der Waals surface area (Å²) in [5.74, 6) is 1.46. The van der Waals surface area contributed by atoms with Crippen LogP contribution in [0.25, 0.3) is 11.4 Å². The van der Waals surface area contributed by atoms with Gasteiger partial charge in [0.25, 0.3) is 0 Å². The van der Waals surface area contributed by atoms with Crippen LogP contribution in [0, 0.1) is 0 Å². The van der Waals surface area contributed by atoms with Crippen LogP contribution in [-0.2, 0) is 22.5 Å². The maximum absolute atomic E-state index is 11.5. The molecule has 0 unspecified atom stereocenters. The quantitative estimate of drug-likeness (QED) is 0.438. The summed E-state index contributed by atoms with van der Waals surface area (Å²) >= 11 is 1.33. The fourth-order valence-corrected chi connectivity index (χ4v) is 3.42. The van der Waals surface area contributed by atoms with E-state index >= 15 is 0 Å². The summed E-state index contributed by atoms with van der Waals surface area (Å²) in [6.07, 6.45) is 0.841. The highest BCUT2D eigenvalue weighted by Crippen LogP contribution is 2.26. The van der Waals surface area contributed by atoms with Gasteiger partial charge in [-0.05, 0) is 36.2 Å². The van der Waals surface area contributed by atoms with Crippen LogP contribution in [0.4, 0.5) is 0 Å². The number of nitrogens with zero attached hydrogens (tertiary/aromatic N) is 3. The Kier molecular flexibility index (Phi) is 6.49. The number of hydrogen-bond donors (Lipinski definition) is 0. The summed E-state index contributed by atoms with van der Waals surface area (Å²) in [4.78, 5) is 11.5. The Bertz CT molecular complexity index is 879. The van der Waals surface area contributed by atoms with E-state index in [1.54, 1.807) is 7.11 Å². The summed E-state index contributed by atoms with van der Waals surface area (Å²) in [5.41, 5.74) is 2.18. The van der Waals surface area contributed by atoms with Crippen LogP contribution in [0.15, 0.2) is 59.8 Å². The van der Waals surface area contributed by atoms with E-state index in [4.69, 9.17) is 9.47 Å². The zero-order chi connectivity index (χ0) is 19.1. The number of rotatable bonds is 8. The molecule has 0 radical (unpaired) electrons. The van der Waals surface area contributed by atoms with Gasteiger partial charge in [-0.1, -0.05) is 42.1 Å². The van der Waals surface area contributed by atoms with Gasteiger partial charge < -0.3 is 14.0 Å².